The average Bonchev–Trinajstić information content (AvgIpc) is 2.62. The summed E-state index contributed by atoms with van der Waals surface area (Å²) >= 11 is 0. The van der Waals surface area contributed by atoms with Crippen LogP contribution in [-0.4, -0.2) is 18.4 Å². The summed E-state index contributed by atoms with van der Waals surface area (Å²) in [5.74, 6) is 0.758. The summed E-state index contributed by atoms with van der Waals surface area (Å²) in [6, 6.07) is 14.7. The van der Waals surface area contributed by atoms with Crippen molar-refractivity contribution in [3.8, 4) is 5.75 Å². The first-order chi connectivity index (χ1) is 12.3. The van der Waals surface area contributed by atoms with E-state index in [0.717, 1.165) is 0 Å². The highest BCUT2D eigenvalue weighted by Crippen LogP contribution is 2.19. The van der Waals surface area contributed by atoms with Crippen molar-refractivity contribution in [2.75, 3.05) is 17.2 Å². The van der Waals surface area contributed by atoms with Crippen molar-refractivity contribution < 1.29 is 14.3 Å². The van der Waals surface area contributed by atoms with Gasteiger partial charge in [0.05, 0.1) is 0 Å². The Kier molecular flexibility index (Phi) is 6.78. The lowest BCUT2D eigenvalue weighted by Gasteiger charge is -2.10. The number of nitrogens with one attached hydrogen (secondary N) is 2. The third-order valence-electron chi connectivity index (χ3n) is 3.88. The molecule has 0 aromatic heterocycles. The van der Waals surface area contributed by atoms with Gasteiger partial charge in [-0.2, -0.15) is 0 Å². The normalized spacial score (nSPS) is 10.7. The largest absolute Gasteiger partial charge is 0.484 e. The molecule has 5 nitrogen and oxygen atoms in total. The van der Waals surface area contributed by atoms with Crippen molar-refractivity contribution >= 4 is 23.2 Å². The van der Waals surface area contributed by atoms with Gasteiger partial charge in [0.25, 0.3) is 5.91 Å². The summed E-state index contributed by atoms with van der Waals surface area (Å²) in [7, 11) is 0. The molecule has 0 spiro atoms. The summed E-state index contributed by atoms with van der Waals surface area (Å²) in [5.41, 5.74) is 2.57. The highest BCUT2D eigenvalue weighted by Gasteiger charge is 2.08. The molecule has 0 radical (unpaired) electrons. The number of benzene rings is 2. The van der Waals surface area contributed by atoms with Gasteiger partial charge < -0.3 is 15.4 Å². The van der Waals surface area contributed by atoms with Crippen LogP contribution in [0.2, 0.25) is 0 Å². The number of ether oxygens (including phenoxy) is 1. The van der Waals surface area contributed by atoms with E-state index in [0.29, 0.717) is 23.0 Å². The van der Waals surface area contributed by atoms with Crippen LogP contribution in [0, 0.1) is 5.92 Å². The van der Waals surface area contributed by atoms with Crippen LogP contribution >= 0.6 is 0 Å². The van der Waals surface area contributed by atoms with Crippen molar-refractivity contribution in [2.24, 2.45) is 5.92 Å². The number of carbonyl (C=O) groups excluding carboxylic acids is 2. The number of hydrogen-bond acceptors (Lipinski definition) is 3. The van der Waals surface area contributed by atoms with Crippen LogP contribution in [0.1, 0.15) is 39.2 Å². The van der Waals surface area contributed by atoms with Crippen LogP contribution in [0.4, 0.5) is 11.4 Å². The Morgan fingerprint density at radius 2 is 1.38 bits per heavy atom. The first kappa shape index (κ1) is 19.5. The van der Waals surface area contributed by atoms with Crippen LogP contribution in [-0.2, 0) is 9.59 Å². The Balaban J connectivity index is 1.82. The Morgan fingerprint density at radius 1 is 0.846 bits per heavy atom. The second kappa shape index (κ2) is 9.04. The fourth-order valence-corrected chi connectivity index (χ4v) is 2.22. The zero-order valence-corrected chi connectivity index (χ0v) is 15.7. The van der Waals surface area contributed by atoms with Crippen LogP contribution in [0.5, 0.6) is 5.75 Å². The maximum atomic E-state index is 12.0. The number of carbonyl (C=O) groups is 2. The SMILES string of the molecule is CC(C)C(=O)Nc1ccc(NC(=O)COc2ccc(C(C)C)cc2)cc1. The van der Waals surface area contributed by atoms with E-state index in [-0.39, 0.29) is 24.3 Å². The zero-order chi connectivity index (χ0) is 19.1. The van der Waals surface area contributed by atoms with Crippen LogP contribution < -0.4 is 15.4 Å². The van der Waals surface area contributed by atoms with Gasteiger partial charge in [-0.25, -0.2) is 0 Å². The Labute approximate surface area is 154 Å². The quantitative estimate of drug-likeness (QED) is 0.773. The summed E-state index contributed by atoms with van der Waals surface area (Å²) < 4.78 is 5.51. The van der Waals surface area contributed by atoms with E-state index in [4.69, 9.17) is 4.74 Å². The Bertz CT molecular complexity index is 735. The molecule has 0 heterocycles. The minimum absolute atomic E-state index is 0.0429. The van der Waals surface area contributed by atoms with Gasteiger partial charge in [-0.05, 0) is 47.9 Å². The first-order valence-corrected chi connectivity index (χ1v) is 8.78. The van der Waals surface area contributed by atoms with Gasteiger partial charge in [-0.15, -0.1) is 0 Å². The fourth-order valence-electron chi connectivity index (χ4n) is 2.22. The lowest BCUT2D eigenvalue weighted by molar-refractivity contribution is -0.119. The molecule has 0 aliphatic rings. The third kappa shape index (κ3) is 5.92. The first-order valence-electron chi connectivity index (χ1n) is 8.78. The van der Waals surface area contributed by atoms with Crippen molar-refractivity contribution in [2.45, 2.75) is 33.6 Å². The predicted molar refractivity (Wildman–Crippen MR) is 105 cm³/mol. The molecule has 138 valence electrons. The second-order valence-corrected chi connectivity index (χ2v) is 6.78. The molecule has 0 saturated heterocycles. The molecule has 0 unspecified atom stereocenters. The minimum Gasteiger partial charge on any atom is -0.484 e. The molecule has 0 saturated carbocycles. The van der Waals surface area contributed by atoms with E-state index >= 15 is 0 Å². The van der Waals surface area contributed by atoms with E-state index in [2.05, 4.69) is 24.5 Å². The molecule has 2 rings (SSSR count). The number of amides is 2. The molecule has 26 heavy (non-hydrogen) atoms. The molecule has 0 aliphatic heterocycles. The molecule has 5 heteroatoms. The minimum atomic E-state index is -0.239. The predicted octanol–water partition coefficient (Wildman–Crippen LogP) is 4.42. The molecule has 0 atom stereocenters. The number of rotatable bonds is 7. The Morgan fingerprint density at radius 3 is 1.88 bits per heavy atom. The Hall–Kier alpha value is -2.82. The summed E-state index contributed by atoms with van der Waals surface area (Å²) in [6.07, 6.45) is 0. The lowest BCUT2D eigenvalue weighted by atomic mass is 10.0. The van der Waals surface area contributed by atoms with Crippen LogP contribution in [0.15, 0.2) is 48.5 Å². The fraction of sp³-hybridized carbons (Fsp3) is 0.333. The highest BCUT2D eigenvalue weighted by molar-refractivity contribution is 5.94. The van der Waals surface area contributed by atoms with Crippen LogP contribution in [0.3, 0.4) is 0 Å². The van der Waals surface area contributed by atoms with E-state index in [1.165, 1.54) is 5.56 Å². The van der Waals surface area contributed by atoms with Gasteiger partial charge in [0, 0.05) is 17.3 Å². The van der Waals surface area contributed by atoms with Crippen molar-refractivity contribution in [1.82, 2.24) is 0 Å². The van der Waals surface area contributed by atoms with Gasteiger partial charge in [0.1, 0.15) is 5.75 Å². The molecule has 0 bridgehead atoms. The maximum Gasteiger partial charge on any atom is 0.262 e. The maximum absolute atomic E-state index is 12.0. The van der Waals surface area contributed by atoms with Gasteiger partial charge in [-0.3, -0.25) is 9.59 Å². The van der Waals surface area contributed by atoms with E-state index < -0.39 is 0 Å². The van der Waals surface area contributed by atoms with Crippen molar-refractivity contribution in [3.05, 3.63) is 54.1 Å². The zero-order valence-electron chi connectivity index (χ0n) is 15.7. The number of hydrogen-bond donors (Lipinski definition) is 2. The highest BCUT2D eigenvalue weighted by atomic mass is 16.5. The van der Waals surface area contributed by atoms with E-state index in [1.54, 1.807) is 24.3 Å². The summed E-state index contributed by atoms with van der Waals surface area (Å²) in [6.45, 7) is 7.86. The van der Waals surface area contributed by atoms with Gasteiger partial charge in [0.15, 0.2) is 6.61 Å². The molecule has 2 amide bonds. The van der Waals surface area contributed by atoms with Gasteiger partial charge in [-0.1, -0.05) is 39.8 Å². The van der Waals surface area contributed by atoms with Crippen molar-refractivity contribution in [3.63, 3.8) is 0 Å². The smallest absolute Gasteiger partial charge is 0.262 e. The molecule has 0 fully saturated rings. The topological polar surface area (TPSA) is 67.4 Å². The molecule has 2 aromatic rings. The average molecular weight is 354 g/mol. The third-order valence-corrected chi connectivity index (χ3v) is 3.88. The van der Waals surface area contributed by atoms with E-state index in [1.807, 2.05) is 38.1 Å². The summed E-state index contributed by atoms with van der Waals surface area (Å²) in [4.78, 5) is 23.7. The molecule has 2 aromatic carbocycles. The lowest BCUT2D eigenvalue weighted by Crippen LogP contribution is -2.20. The monoisotopic (exact) mass is 354 g/mol. The second-order valence-electron chi connectivity index (χ2n) is 6.78. The molecular weight excluding hydrogens is 328 g/mol. The molecular formula is C21H26N2O3. The van der Waals surface area contributed by atoms with Gasteiger partial charge >= 0.3 is 0 Å². The molecule has 2 N–H and O–H groups in total. The van der Waals surface area contributed by atoms with Crippen molar-refractivity contribution in [1.29, 1.82) is 0 Å². The standard InChI is InChI=1S/C21H26N2O3/c1-14(2)16-5-11-19(12-6-16)26-13-20(24)22-17-7-9-18(10-8-17)23-21(25)15(3)4/h5-12,14-15H,13H2,1-4H3,(H,22,24)(H,23,25). The van der Waals surface area contributed by atoms with E-state index in [9.17, 15) is 9.59 Å². The van der Waals surface area contributed by atoms with Crippen LogP contribution in [0.25, 0.3) is 0 Å². The summed E-state index contributed by atoms with van der Waals surface area (Å²) in [5, 5.41) is 5.57. The molecule has 0 aliphatic carbocycles. The number of anilines is 2. The van der Waals surface area contributed by atoms with Gasteiger partial charge in [0.2, 0.25) is 5.91 Å².